The maximum atomic E-state index is 10.9. The van der Waals surface area contributed by atoms with Crippen LogP contribution in [-0.2, 0) is 14.3 Å². The monoisotopic (exact) mass is 273 g/mol. The molecule has 1 aliphatic rings. The molecule has 0 radical (unpaired) electrons. The molecule has 0 aromatic rings. The first kappa shape index (κ1) is 16.0. The Morgan fingerprint density at radius 1 is 1.32 bits per heavy atom. The van der Waals surface area contributed by atoms with E-state index in [1.165, 1.54) is 6.92 Å². The smallest absolute Gasteiger partial charge is 0.213 e. The van der Waals surface area contributed by atoms with E-state index in [1.54, 1.807) is 0 Å². The van der Waals surface area contributed by atoms with Gasteiger partial charge in [-0.1, -0.05) is 0 Å². The fourth-order valence-corrected chi connectivity index (χ4v) is 2.25. The van der Waals surface area contributed by atoms with Crippen molar-refractivity contribution >= 4 is 5.78 Å². The van der Waals surface area contributed by atoms with Gasteiger partial charge in [0.15, 0.2) is 5.79 Å². The first-order valence-corrected chi connectivity index (χ1v) is 6.84. The molecule has 1 saturated heterocycles. The van der Waals surface area contributed by atoms with Crippen LogP contribution in [0.25, 0.3) is 0 Å². The number of Topliss-reactive ketones (excluding diaryl/α,β-unsaturated/α-hetero) is 1. The number of unbranched alkanes of at least 4 members (excludes halogenated alkanes) is 1. The summed E-state index contributed by atoms with van der Waals surface area (Å²) in [5, 5.41) is 10.9. The van der Waals surface area contributed by atoms with Gasteiger partial charge in [0.2, 0.25) is 6.04 Å². The number of ketones is 1. The number of nitrogens with zero attached hydrogens (tertiary/aromatic N) is 1. The van der Waals surface area contributed by atoms with Gasteiger partial charge in [0.1, 0.15) is 5.78 Å². The number of hydrogen-bond acceptors (Lipinski definition) is 5. The summed E-state index contributed by atoms with van der Waals surface area (Å²) >= 11 is 0. The molecule has 0 aromatic heterocycles. The van der Waals surface area contributed by atoms with Crippen LogP contribution in [0, 0.1) is 10.1 Å². The zero-order chi connectivity index (χ0) is 14.3. The molecule has 6 heteroatoms. The van der Waals surface area contributed by atoms with E-state index in [1.807, 2.05) is 6.92 Å². The molecule has 0 bridgehead atoms. The number of rotatable bonds is 9. The highest BCUT2D eigenvalue weighted by molar-refractivity contribution is 5.75. The normalized spacial score (nSPS) is 19.3. The highest BCUT2D eigenvalue weighted by atomic mass is 16.7. The van der Waals surface area contributed by atoms with E-state index >= 15 is 0 Å². The van der Waals surface area contributed by atoms with Gasteiger partial charge in [0.25, 0.3) is 0 Å². The van der Waals surface area contributed by atoms with Crippen molar-refractivity contribution in [3.8, 4) is 0 Å². The third-order valence-electron chi connectivity index (χ3n) is 3.44. The highest BCUT2D eigenvalue weighted by Gasteiger charge is 2.30. The van der Waals surface area contributed by atoms with Crippen LogP contribution in [0.5, 0.6) is 0 Å². The van der Waals surface area contributed by atoms with Crippen LogP contribution in [0.3, 0.4) is 0 Å². The van der Waals surface area contributed by atoms with Gasteiger partial charge < -0.3 is 14.3 Å². The molecule has 1 fully saturated rings. The SMILES string of the molecule is CC(=O)CCC(CCCCC1(C)OCCO1)[N+](=O)[O-]. The standard InChI is InChI=1S/C13H23NO5/c1-11(15)6-7-12(14(16)17)5-3-4-8-13(2)18-9-10-19-13/h12H,3-10H2,1-2H3. The van der Waals surface area contributed by atoms with Crippen LogP contribution >= 0.6 is 0 Å². The second kappa shape index (κ2) is 7.55. The lowest BCUT2D eigenvalue weighted by Crippen LogP contribution is -2.25. The molecule has 0 aromatic carbocycles. The minimum Gasteiger partial charge on any atom is -0.348 e. The van der Waals surface area contributed by atoms with Gasteiger partial charge in [0, 0.05) is 30.6 Å². The lowest BCUT2D eigenvalue weighted by molar-refractivity contribution is -0.524. The van der Waals surface area contributed by atoms with Crippen LogP contribution < -0.4 is 0 Å². The van der Waals surface area contributed by atoms with E-state index < -0.39 is 11.8 Å². The minimum absolute atomic E-state index is 0.00659. The zero-order valence-electron chi connectivity index (χ0n) is 11.7. The molecule has 19 heavy (non-hydrogen) atoms. The molecule has 0 aliphatic carbocycles. The Kier molecular flexibility index (Phi) is 6.37. The van der Waals surface area contributed by atoms with Crippen LogP contribution in [0.4, 0.5) is 0 Å². The summed E-state index contributed by atoms with van der Waals surface area (Å²) in [6.07, 6.45) is 3.48. The van der Waals surface area contributed by atoms with Gasteiger partial charge in [-0.25, -0.2) is 0 Å². The van der Waals surface area contributed by atoms with E-state index in [-0.39, 0.29) is 17.1 Å². The molecule has 1 rings (SSSR count). The van der Waals surface area contributed by atoms with Crippen molar-refractivity contribution in [1.29, 1.82) is 0 Å². The molecule has 6 nitrogen and oxygen atoms in total. The van der Waals surface area contributed by atoms with E-state index in [9.17, 15) is 14.9 Å². The Bertz CT molecular complexity index is 312. The maximum Gasteiger partial charge on any atom is 0.213 e. The maximum absolute atomic E-state index is 10.9. The van der Waals surface area contributed by atoms with E-state index in [0.29, 0.717) is 26.1 Å². The van der Waals surface area contributed by atoms with Crippen molar-refractivity contribution in [3.63, 3.8) is 0 Å². The van der Waals surface area contributed by atoms with Crippen LogP contribution in [0.2, 0.25) is 0 Å². The number of carbonyl (C=O) groups is 1. The van der Waals surface area contributed by atoms with Crippen LogP contribution in [0.1, 0.15) is 52.4 Å². The molecular weight excluding hydrogens is 250 g/mol. The summed E-state index contributed by atoms with van der Waals surface area (Å²) in [5.41, 5.74) is 0. The summed E-state index contributed by atoms with van der Waals surface area (Å²) < 4.78 is 10.9. The predicted octanol–water partition coefficient (Wildman–Crippen LogP) is 2.32. The Balaban J connectivity index is 2.20. The molecule has 0 spiro atoms. The first-order valence-electron chi connectivity index (χ1n) is 6.84. The average Bonchev–Trinajstić information content (AvgIpc) is 2.74. The van der Waals surface area contributed by atoms with Crippen molar-refractivity contribution < 1.29 is 19.2 Å². The van der Waals surface area contributed by atoms with Crippen molar-refractivity contribution in [2.45, 2.75) is 64.2 Å². The predicted molar refractivity (Wildman–Crippen MR) is 69.5 cm³/mol. The Morgan fingerprint density at radius 2 is 1.95 bits per heavy atom. The van der Waals surface area contributed by atoms with Crippen LogP contribution in [0.15, 0.2) is 0 Å². The minimum atomic E-state index is -0.609. The molecule has 0 saturated carbocycles. The van der Waals surface area contributed by atoms with Gasteiger partial charge >= 0.3 is 0 Å². The molecule has 0 amide bonds. The zero-order valence-corrected chi connectivity index (χ0v) is 11.7. The molecule has 1 unspecified atom stereocenters. The number of nitro groups is 1. The lowest BCUT2D eigenvalue weighted by Gasteiger charge is -2.22. The topological polar surface area (TPSA) is 78.7 Å². The average molecular weight is 273 g/mol. The van der Waals surface area contributed by atoms with Gasteiger partial charge in [-0.2, -0.15) is 0 Å². The third kappa shape index (κ3) is 6.11. The van der Waals surface area contributed by atoms with E-state index in [4.69, 9.17) is 9.47 Å². The molecule has 1 heterocycles. The third-order valence-corrected chi connectivity index (χ3v) is 3.44. The quantitative estimate of drug-likeness (QED) is 0.366. The van der Waals surface area contributed by atoms with Crippen molar-refractivity contribution in [2.24, 2.45) is 0 Å². The number of hydrogen-bond donors (Lipinski definition) is 0. The highest BCUT2D eigenvalue weighted by Crippen LogP contribution is 2.25. The largest absolute Gasteiger partial charge is 0.348 e. The summed E-state index contributed by atoms with van der Waals surface area (Å²) in [5.74, 6) is -0.504. The molecule has 1 atom stereocenters. The Labute approximate surface area is 113 Å². The van der Waals surface area contributed by atoms with Crippen LogP contribution in [-0.4, -0.2) is 35.7 Å². The summed E-state index contributed by atoms with van der Waals surface area (Å²) in [6, 6.07) is -0.609. The van der Waals surface area contributed by atoms with Crippen molar-refractivity contribution in [1.82, 2.24) is 0 Å². The molecule has 0 N–H and O–H groups in total. The summed E-state index contributed by atoms with van der Waals surface area (Å²) in [6.45, 7) is 4.60. The fourth-order valence-electron chi connectivity index (χ4n) is 2.25. The number of carbonyl (C=O) groups excluding carboxylic acids is 1. The fraction of sp³-hybridized carbons (Fsp3) is 0.923. The summed E-state index contributed by atoms with van der Waals surface area (Å²) in [7, 11) is 0. The first-order chi connectivity index (χ1) is 8.93. The Hall–Kier alpha value is -1.01. The number of ether oxygens (including phenoxy) is 2. The molecule has 110 valence electrons. The van der Waals surface area contributed by atoms with Crippen molar-refractivity contribution in [3.05, 3.63) is 10.1 Å². The van der Waals surface area contributed by atoms with Gasteiger partial charge in [0.05, 0.1) is 13.2 Å². The molecule has 1 aliphatic heterocycles. The van der Waals surface area contributed by atoms with E-state index in [2.05, 4.69) is 0 Å². The van der Waals surface area contributed by atoms with Crippen molar-refractivity contribution in [2.75, 3.05) is 13.2 Å². The van der Waals surface area contributed by atoms with E-state index in [0.717, 1.165) is 19.3 Å². The lowest BCUT2D eigenvalue weighted by atomic mass is 10.0. The second-order valence-corrected chi connectivity index (χ2v) is 5.26. The second-order valence-electron chi connectivity index (χ2n) is 5.26. The molecular formula is C13H23NO5. The van der Waals surface area contributed by atoms with Gasteiger partial charge in [-0.05, 0) is 26.7 Å². The summed E-state index contributed by atoms with van der Waals surface area (Å²) in [4.78, 5) is 21.5. The van der Waals surface area contributed by atoms with Gasteiger partial charge in [-0.3, -0.25) is 10.1 Å². The Morgan fingerprint density at radius 3 is 2.47 bits per heavy atom. The van der Waals surface area contributed by atoms with Gasteiger partial charge in [-0.15, -0.1) is 0 Å².